The SMILES string of the molecule is COc1c(F)c(C)c(C(C)(F)F)c(F)c1F. The Hall–Kier alpha value is -1.33. The van der Waals surface area contributed by atoms with Gasteiger partial charge in [-0.3, -0.25) is 0 Å². The number of halogens is 5. The summed E-state index contributed by atoms with van der Waals surface area (Å²) in [6, 6.07) is 0. The van der Waals surface area contributed by atoms with Gasteiger partial charge in [-0.15, -0.1) is 0 Å². The molecular weight excluding hydrogens is 231 g/mol. The first-order valence-corrected chi connectivity index (χ1v) is 4.31. The Morgan fingerprint density at radius 3 is 1.88 bits per heavy atom. The summed E-state index contributed by atoms with van der Waals surface area (Å²) in [5.74, 6) is -9.52. The number of rotatable bonds is 2. The van der Waals surface area contributed by atoms with Crippen LogP contribution in [-0.2, 0) is 5.92 Å². The van der Waals surface area contributed by atoms with Gasteiger partial charge in [0.25, 0.3) is 5.92 Å². The Bertz CT molecular complexity index is 393. The van der Waals surface area contributed by atoms with Crippen molar-refractivity contribution in [1.82, 2.24) is 0 Å². The molecule has 16 heavy (non-hydrogen) atoms. The van der Waals surface area contributed by atoms with Crippen LogP contribution < -0.4 is 4.74 Å². The van der Waals surface area contributed by atoms with E-state index in [0.29, 0.717) is 6.92 Å². The third-order valence-corrected chi connectivity index (χ3v) is 2.16. The molecule has 0 aliphatic heterocycles. The van der Waals surface area contributed by atoms with Gasteiger partial charge in [0.1, 0.15) is 0 Å². The van der Waals surface area contributed by atoms with Crippen LogP contribution in [0.25, 0.3) is 0 Å². The zero-order valence-electron chi connectivity index (χ0n) is 8.80. The van der Waals surface area contributed by atoms with Crippen molar-refractivity contribution < 1.29 is 26.7 Å². The standard InChI is InChI=1S/C10H9F5O/c1-4-5(10(2,14)15)7(12)8(13)9(16-3)6(4)11/h1-3H3. The molecule has 1 aromatic rings. The number of hydrogen-bond donors (Lipinski definition) is 0. The Balaban J connectivity index is 3.67. The van der Waals surface area contributed by atoms with Crippen molar-refractivity contribution in [2.45, 2.75) is 19.8 Å². The maximum atomic E-state index is 13.4. The smallest absolute Gasteiger partial charge is 0.273 e. The molecule has 0 bridgehead atoms. The highest BCUT2D eigenvalue weighted by atomic mass is 19.3. The van der Waals surface area contributed by atoms with Gasteiger partial charge in [0.15, 0.2) is 17.4 Å². The zero-order valence-corrected chi connectivity index (χ0v) is 8.80. The van der Waals surface area contributed by atoms with E-state index >= 15 is 0 Å². The highest BCUT2D eigenvalue weighted by Gasteiger charge is 2.36. The van der Waals surface area contributed by atoms with Gasteiger partial charge in [0.05, 0.1) is 12.7 Å². The Kier molecular flexibility index (Phi) is 3.12. The minimum Gasteiger partial charge on any atom is -0.491 e. The lowest BCUT2D eigenvalue weighted by molar-refractivity contribution is 0.0117. The predicted octanol–water partition coefficient (Wildman–Crippen LogP) is 3.53. The average molecular weight is 240 g/mol. The molecule has 0 radical (unpaired) electrons. The monoisotopic (exact) mass is 240 g/mol. The lowest BCUT2D eigenvalue weighted by Crippen LogP contribution is -2.16. The third kappa shape index (κ3) is 1.83. The summed E-state index contributed by atoms with van der Waals surface area (Å²) in [6.07, 6.45) is 0. The van der Waals surface area contributed by atoms with E-state index in [-0.39, 0.29) is 0 Å². The van der Waals surface area contributed by atoms with Gasteiger partial charge in [0.2, 0.25) is 5.82 Å². The summed E-state index contributed by atoms with van der Waals surface area (Å²) in [5, 5.41) is 0. The molecule has 0 spiro atoms. The molecule has 0 aliphatic carbocycles. The molecule has 1 rings (SSSR count). The normalized spacial score (nSPS) is 11.8. The first-order valence-electron chi connectivity index (χ1n) is 4.31. The average Bonchev–Trinajstić information content (AvgIpc) is 2.14. The molecule has 0 aliphatic rings. The van der Waals surface area contributed by atoms with Crippen LogP contribution in [0.4, 0.5) is 22.0 Å². The molecular formula is C10H9F5O. The summed E-state index contributed by atoms with van der Waals surface area (Å²) in [7, 11) is 0.921. The number of benzene rings is 1. The fourth-order valence-electron chi connectivity index (χ4n) is 1.45. The molecule has 0 saturated carbocycles. The van der Waals surface area contributed by atoms with Gasteiger partial charge in [-0.25, -0.2) is 17.6 Å². The lowest BCUT2D eigenvalue weighted by Gasteiger charge is -2.17. The Morgan fingerprint density at radius 1 is 1.00 bits per heavy atom. The van der Waals surface area contributed by atoms with E-state index in [2.05, 4.69) is 4.74 Å². The van der Waals surface area contributed by atoms with Gasteiger partial charge >= 0.3 is 0 Å². The third-order valence-electron chi connectivity index (χ3n) is 2.16. The van der Waals surface area contributed by atoms with E-state index in [9.17, 15) is 22.0 Å². The molecule has 0 saturated heterocycles. The molecule has 0 N–H and O–H groups in total. The molecule has 6 heteroatoms. The van der Waals surface area contributed by atoms with Gasteiger partial charge < -0.3 is 4.74 Å². The maximum absolute atomic E-state index is 13.4. The van der Waals surface area contributed by atoms with Crippen molar-refractivity contribution in [2.75, 3.05) is 7.11 Å². The van der Waals surface area contributed by atoms with Crippen molar-refractivity contribution in [1.29, 1.82) is 0 Å². The van der Waals surface area contributed by atoms with Gasteiger partial charge in [-0.1, -0.05) is 0 Å². The van der Waals surface area contributed by atoms with Crippen LogP contribution in [0.3, 0.4) is 0 Å². The van der Waals surface area contributed by atoms with E-state index in [1.165, 1.54) is 0 Å². The second kappa shape index (κ2) is 3.92. The van der Waals surface area contributed by atoms with Crippen LogP contribution in [0.15, 0.2) is 0 Å². The molecule has 0 aromatic heterocycles. The van der Waals surface area contributed by atoms with E-state index in [4.69, 9.17) is 0 Å². The first kappa shape index (κ1) is 12.7. The molecule has 0 unspecified atom stereocenters. The molecule has 0 heterocycles. The van der Waals surface area contributed by atoms with Crippen molar-refractivity contribution in [3.63, 3.8) is 0 Å². The largest absolute Gasteiger partial charge is 0.491 e. The van der Waals surface area contributed by atoms with Crippen LogP contribution in [0, 0.1) is 24.4 Å². The molecule has 0 atom stereocenters. The highest BCUT2D eigenvalue weighted by molar-refractivity contribution is 5.41. The Labute approximate surface area is 88.8 Å². The van der Waals surface area contributed by atoms with Crippen LogP contribution >= 0.6 is 0 Å². The number of hydrogen-bond acceptors (Lipinski definition) is 1. The van der Waals surface area contributed by atoms with Gasteiger partial charge in [-0.2, -0.15) is 4.39 Å². The fraction of sp³-hybridized carbons (Fsp3) is 0.400. The molecule has 1 aromatic carbocycles. The topological polar surface area (TPSA) is 9.23 Å². The van der Waals surface area contributed by atoms with Crippen LogP contribution in [-0.4, -0.2) is 7.11 Å². The van der Waals surface area contributed by atoms with Crippen LogP contribution in [0.1, 0.15) is 18.1 Å². The van der Waals surface area contributed by atoms with Crippen molar-refractivity contribution >= 4 is 0 Å². The summed E-state index contributed by atoms with van der Waals surface area (Å²) in [6.45, 7) is 1.30. The molecule has 1 nitrogen and oxygen atoms in total. The summed E-state index contributed by atoms with van der Waals surface area (Å²) in [5.41, 5.74) is -1.95. The van der Waals surface area contributed by atoms with E-state index < -0.39 is 40.3 Å². The molecule has 0 fully saturated rings. The summed E-state index contributed by atoms with van der Waals surface area (Å²) in [4.78, 5) is 0. The first-order chi connectivity index (χ1) is 7.21. The van der Waals surface area contributed by atoms with Crippen molar-refractivity contribution in [3.05, 3.63) is 28.6 Å². The van der Waals surface area contributed by atoms with Crippen molar-refractivity contribution in [3.8, 4) is 5.75 Å². The minimum atomic E-state index is -3.66. The zero-order chi connectivity index (χ0) is 12.7. The quantitative estimate of drug-likeness (QED) is 0.567. The van der Waals surface area contributed by atoms with E-state index in [1.54, 1.807) is 0 Å². The summed E-state index contributed by atoms with van der Waals surface area (Å²) < 4.78 is 70.0. The number of methoxy groups -OCH3 is 1. The van der Waals surface area contributed by atoms with E-state index in [0.717, 1.165) is 14.0 Å². The summed E-state index contributed by atoms with van der Waals surface area (Å²) >= 11 is 0. The molecule has 0 amide bonds. The molecule has 90 valence electrons. The van der Waals surface area contributed by atoms with Crippen LogP contribution in [0.5, 0.6) is 5.75 Å². The number of alkyl halides is 2. The van der Waals surface area contributed by atoms with Gasteiger partial charge in [0, 0.05) is 12.5 Å². The number of ether oxygens (including phenoxy) is 1. The van der Waals surface area contributed by atoms with Gasteiger partial charge in [-0.05, 0) is 6.92 Å². The fourth-order valence-corrected chi connectivity index (χ4v) is 1.45. The lowest BCUT2D eigenvalue weighted by atomic mass is 10.0. The van der Waals surface area contributed by atoms with E-state index in [1.807, 2.05) is 0 Å². The van der Waals surface area contributed by atoms with Crippen LogP contribution in [0.2, 0.25) is 0 Å². The Morgan fingerprint density at radius 2 is 1.50 bits per heavy atom. The minimum absolute atomic E-state index is 0.365. The maximum Gasteiger partial charge on any atom is 0.273 e. The van der Waals surface area contributed by atoms with Crippen molar-refractivity contribution in [2.24, 2.45) is 0 Å². The predicted molar refractivity (Wildman–Crippen MR) is 47.2 cm³/mol. The highest BCUT2D eigenvalue weighted by Crippen LogP contribution is 2.38. The second-order valence-corrected chi connectivity index (χ2v) is 3.36. The second-order valence-electron chi connectivity index (χ2n) is 3.36.